The second-order valence-corrected chi connectivity index (χ2v) is 8.30. The smallest absolute Gasteiger partial charge is 0.284 e. The lowest BCUT2D eigenvalue weighted by Crippen LogP contribution is -2.38. The molecule has 2 N–H and O–H groups in total. The van der Waals surface area contributed by atoms with Crippen LogP contribution < -0.4 is 5.73 Å². The van der Waals surface area contributed by atoms with Gasteiger partial charge in [-0.05, 0) is 29.8 Å². The van der Waals surface area contributed by atoms with Crippen LogP contribution in [0.5, 0.6) is 0 Å². The third-order valence-corrected chi connectivity index (χ3v) is 6.34. The van der Waals surface area contributed by atoms with Gasteiger partial charge in [0.25, 0.3) is 10.0 Å². The number of sulfonamides is 1. The Bertz CT molecular complexity index is 1270. The Morgan fingerprint density at radius 3 is 2.13 bits per heavy atom. The van der Waals surface area contributed by atoms with Gasteiger partial charge in [-0.2, -0.15) is 18.8 Å². The summed E-state index contributed by atoms with van der Waals surface area (Å²) in [6, 6.07) is 22.7. The van der Waals surface area contributed by atoms with E-state index in [4.69, 9.17) is 5.73 Å². The van der Waals surface area contributed by atoms with Crippen LogP contribution in [0.4, 0.5) is 0 Å². The molecule has 0 spiro atoms. The first-order valence-electron chi connectivity index (χ1n) is 9.08. The Labute approximate surface area is 174 Å². The quantitative estimate of drug-likeness (QED) is 0.704. The number of nitrogens with zero attached hydrogens (tertiary/aromatic N) is 4. The van der Waals surface area contributed by atoms with E-state index in [9.17, 15) is 13.7 Å². The van der Waals surface area contributed by atoms with Gasteiger partial charge in [-0.3, -0.25) is 4.98 Å². The van der Waals surface area contributed by atoms with Crippen molar-refractivity contribution in [2.75, 3.05) is 0 Å². The third-order valence-electron chi connectivity index (χ3n) is 4.74. The number of benzene rings is 2. The Balaban J connectivity index is 1.96. The predicted octanol–water partition coefficient (Wildman–Crippen LogP) is 2.97. The van der Waals surface area contributed by atoms with E-state index in [2.05, 4.69) is 16.2 Å². The van der Waals surface area contributed by atoms with E-state index in [0.717, 1.165) is 9.98 Å². The van der Waals surface area contributed by atoms with Gasteiger partial charge in [-0.1, -0.05) is 48.5 Å². The van der Waals surface area contributed by atoms with E-state index in [1.807, 2.05) is 30.3 Å². The summed E-state index contributed by atoms with van der Waals surface area (Å²) in [5.74, 6) is -0.825. The Kier molecular flexibility index (Phi) is 5.04. The van der Waals surface area contributed by atoms with Gasteiger partial charge in [0.05, 0.1) is 28.2 Å². The van der Waals surface area contributed by atoms with Crippen molar-refractivity contribution in [2.45, 2.75) is 10.8 Å². The first-order chi connectivity index (χ1) is 14.5. The average Bonchev–Trinajstić information content (AvgIpc) is 2.80. The molecule has 148 valence electrons. The number of hydrazone groups is 1. The molecule has 0 amide bonds. The predicted molar refractivity (Wildman–Crippen MR) is 112 cm³/mol. The van der Waals surface area contributed by atoms with Crippen LogP contribution in [0, 0.1) is 11.3 Å². The summed E-state index contributed by atoms with van der Waals surface area (Å²) >= 11 is 0. The van der Waals surface area contributed by atoms with Gasteiger partial charge in [0.15, 0.2) is 5.82 Å². The van der Waals surface area contributed by atoms with Crippen molar-refractivity contribution in [1.82, 2.24) is 9.40 Å². The molecule has 1 aliphatic rings. The summed E-state index contributed by atoms with van der Waals surface area (Å²) in [7, 11) is -4.10. The molecule has 2 aromatic carbocycles. The Morgan fingerprint density at radius 1 is 0.933 bits per heavy atom. The van der Waals surface area contributed by atoms with E-state index in [0.29, 0.717) is 11.3 Å². The molecular weight excluding hydrogens is 398 g/mol. The molecule has 0 bridgehead atoms. The molecule has 7 nitrogen and oxygen atoms in total. The standard InChI is InChI=1S/C22H17N5O2S/c23-15-19-20(16-7-3-1-4-8-16)21(17-11-13-25-14-12-17)26-27(22(19)24)30(28,29)18-9-5-2-6-10-18/h1-14,20H,24H2. The topological polar surface area (TPSA) is 112 Å². The van der Waals surface area contributed by atoms with Crippen LogP contribution in [-0.2, 0) is 10.0 Å². The number of hydrogen-bond acceptors (Lipinski definition) is 6. The zero-order chi connectivity index (χ0) is 21.1. The molecule has 0 radical (unpaired) electrons. The molecule has 3 aromatic rings. The average molecular weight is 415 g/mol. The third kappa shape index (κ3) is 3.32. The van der Waals surface area contributed by atoms with E-state index >= 15 is 0 Å². The minimum atomic E-state index is -4.10. The van der Waals surface area contributed by atoms with E-state index < -0.39 is 15.9 Å². The lowest BCUT2D eigenvalue weighted by Gasteiger charge is -2.31. The normalized spacial score (nSPS) is 16.7. The molecular formula is C22H17N5O2S. The van der Waals surface area contributed by atoms with Crippen molar-refractivity contribution in [3.8, 4) is 6.07 Å². The maximum Gasteiger partial charge on any atom is 0.284 e. The van der Waals surface area contributed by atoms with Crippen molar-refractivity contribution in [3.05, 3.63) is 108 Å². The van der Waals surface area contributed by atoms with Crippen molar-refractivity contribution in [3.63, 3.8) is 0 Å². The molecule has 8 heteroatoms. The molecule has 0 fully saturated rings. The van der Waals surface area contributed by atoms with Gasteiger partial charge >= 0.3 is 0 Å². The van der Waals surface area contributed by atoms with Crippen molar-refractivity contribution < 1.29 is 8.42 Å². The zero-order valence-electron chi connectivity index (χ0n) is 15.8. The van der Waals surface area contributed by atoms with Gasteiger partial charge < -0.3 is 5.73 Å². The number of pyridine rings is 1. The first kappa shape index (κ1) is 19.4. The van der Waals surface area contributed by atoms with Crippen molar-refractivity contribution in [2.24, 2.45) is 10.8 Å². The fraction of sp³-hybridized carbons (Fsp3) is 0.0455. The number of allylic oxidation sites excluding steroid dienone is 1. The highest BCUT2D eigenvalue weighted by Crippen LogP contribution is 2.36. The van der Waals surface area contributed by atoms with Crippen molar-refractivity contribution >= 4 is 15.7 Å². The summed E-state index contributed by atoms with van der Waals surface area (Å²) < 4.78 is 27.3. The largest absolute Gasteiger partial charge is 0.382 e. The van der Waals surface area contributed by atoms with Crippen LogP contribution in [0.3, 0.4) is 0 Å². The molecule has 1 unspecified atom stereocenters. The molecule has 1 atom stereocenters. The monoisotopic (exact) mass is 415 g/mol. The van der Waals surface area contributed by atoms with Crippen LogP contribution in [0.2, 0.25) is 0 Å². The Morgan fingerprint density at radius 2 is 1.53 bits per heavy atom. The fourth-order valence-electron chi connectivity index (χ4n) is 3.31. The van der Waals surface area contributed by atoms with Crippen LogP contribution in [0.15, 0.2) is 107 Å². The van der Waals surface area contributed by atoms with Crippen LogP contribution >= 0.6 is 0 Å². The van der Waals surface area contributed by atoms with Crippen LogP contribution in [0.25, 0.3) is 0 Å². The van der Waals surface area contributed by atoms with Gasteiger partial charge in [0, 0.05) is 18.0 Å². The number of nitrogens with two attached hydrogens (primary N) is 1. The molecule has 1 aliphatic heterocycles. The van der Waals surface area contributed by atoms with E-state index in [-0.39, 0.29) is 16.3 Å². The van der Waals surface area contributed by atoms with E-state index in [1.54, 1.807) is 42.7 Å². The summed E-state index contributed by atoms with van der Waals surface area (Å²) in [5, 5.41) is 14.4. The van der Waals surface area contributed by atoms with Crippen LogP contribution in [-0.4, -0.2) is 23.5 Å². The second-order valence-electron chi connectivity index (χ2n) is 6.54. The maximum atomic E-state index is 13.3. The van der Waals surface area contributed by atoms with Crippen LogP contribution in [0.1, 0.15) is 17.0 Å². The lowest BCUT2D eigenvalue weighted by molar-refractivity contribution is 0.479. The highest BCUT2D eigenvalue weighted by molar-refractivity contribution is 7.89. The molecule has 0 saturated carbocycles. The first-order valence-corrected chi connectivity index (χ1v) is 10.5. The molecule has 0 aliphatic carbocycles. The molecule has 1 aromatic heterocycles. The zero-order valence-corrected chi connectivity index (χ0v) is 16.6. The SMILES string of the molecule is N#CC1=C(N)N(S(=O)(=O)c2ccccc2)N=C(c2ccncc2)C1c1ccccc1. The van der Waals surface area contributed by atoms with Crippen molar-refractivity contribution in [1.29, 1.82) is 5.26 Å². The molecule has 4 rings (SSSR count). The molecule has 0 saturated heterocycles. The number of aromatic nitrogens is 1. The minimum Gasteiger partial charge on any atom is -0.382 e. The van der Waals surface area contributed by atoms with Gasteiger partial charge in [0.1, 0.15) is 0 Å². The van der Waals surface area contributed by atoms with Gasteiger partial charge in [-0.15, -0.1) is 4.41 Å². The van der Waals surface area contributed by atoms with Gasteiger partial charge in [-0.25, -0.2) is 0 Å². The number of rotatable bonds is 4. The summed E-state index contributed by atoms with van der Waals surface area (Å²) in [5.41, 5.74) is 8.15. The maximum absolute atomic E-state index is 13.3. The summed E-state index contributed by atoms with van der Waals surface area (Å²) in [6.07, 6.45) is 3.17. The van der Waals surface area contributed by atoms with E-state index in [1.165, 1.54) is 12.1 Å². The Hall–Kier alpha value is -3.96. The minimum absolute atomic E-state index is 0.0289. The second kappa shape index (κ2) is 7.81. The summed E-state index contributed by atoms with van der Waals surface area (Å²) in [6.45, 7) is 0. The fourth-order valence-corrected chi connectivity index (χ4v) is 4.57. The summed E-state index contributed by atoms with van der Waals surface area (Å²) in [4.78, 5) is 4.05. The number of nitriles is 1. The lowest BCUT2D eigenvalue weighted by atomic mass is 9.84. The highest BCUT2D eigenvalue weighted by Gasteiger charge is 2.38. The molecule has 2 heterocycles. The highest BCUT2D eigenvalue weighted by atomic mass is 32.2. The molecule has 30 heavy (non-hydrogen) atoms. The number of hydrogen-bond donors (Lipinski definition) is 1. The van der Waals surface area contributed by atoms with Gasteiger partial charge in [0.2, 0.25) is 0 Å².